The average Bonchev–Trinajstić information content (AvgIpc) is 2.59. The van der Waals surface area contributed by atoms with Gasteiger partial charge in [-0.2, -0.15) is 0 Å². The van der Waals surface area contributed by atoms with Crippen molar-refractivity contribution in [3.63, 3.8) is 0 Å². The van der Waals surface area contributed by atoms with Crippen LogP contribution in [0.25, 0.3) is 10.1 Å². The molecular formula is C11H11NS. The molecule has 2 aromatic rings. The number of nitrogens with two attached hydrogens (primary N) is 1. The third-order valence-corrected chi connectivity index (χ3v) is 3.24. The lowest BCUT2D eigenvalue weighted by molar-refractivity contribution is 0.941. The number of hydrogen-bond acceptors (Lipinski definition) is 2. The molecule has 0 spiro atoms. The summed E-state index contributed by atoms with van der Waals surface area (Å²) in [6.45, 7) is 3.69. The van der Waals surface area contributed by atoms with Crippen LogP contribution in [0, 0.1) is 0 Å². The van der Waals surface area contributed by atoms with Gasteiger partial charge in [0, 0.05) is 9.58 Å². The molecule has 1 nitrogen and oxygen atoms in total. The first-order chi connectivity index (χ1) is 6.31. The molecule has 66 valence electrons. The van der Waals surface area contributed by atoms with Crippen molar-refractivity contribution in [2.24, 2.45) is 5.73 Å². The zero-order valence-electron chi connectivity index (χ0n) is 7.23. The number of hydrogen-bond donors (Lipinski definition) is 1. The monoisotopic (exact) mass is 189 g/mol. The molecular weight excluding hydrogens is 178 g/mol. The Balaban J connectivity index is 2.55. The second kappa shape index (κ2) is 3.32. The summed E-state index contributed by atoms with van der Waals surface area (Å²) in [5, 5.41) is 1.26. The Morgan fingerprint density at radius 1 is 1.38 bits per heavy atom. The molecule has 1 heterocycles. The van der Waals surface area contributed by atoms with Crippen LogP contribution in [-0.4, -0.2) is 0 Å². The van der Waals surface area contributed by atoms with Gasteiger partial charge >= 0.3 is 0 Å². The van der Waals surface area contributed by atoms with Gasteiger partial charge in [0.2, 0.25) is 0 Å². The van der Waals surface area contributed by atoms with E-state index in [0.717, 1.165) is 0 Å². The maximum Gasteiger partial charge on any atom is 0.0573 e. The molecule has 13 heavy (non-hydrogen) atoms. The molecule has 0 aliphatic rings. The summed E-state index contributed by atoms with van der Waals surface area (Å²) in [7, 11) is 0. The zero-order valence-corrected chi connectivity index (χ0v) is 8.05. The van der Waals surface area contributed by atoms with E-state index in [4.69, 9.17) is 5.73 Å². The van der Waals surface area contributed by atoms with Crippen molar-refractivity contribution in [1.82, 2.24) is 0 Å². The molecule has 0 bridgehead atoms. The number of fused-ring (bicyclic) bond motifs is 1. The minimum Gasteiger partial charge on any atom is -0.320 e. The molecule has 0 unspecified atom stereocenters. The molecule has 0 radical (unpaired) electrons. The first-order valence-corrected chi connectivity index (χ1v) is 4.99. The lowest BCUT2D eigenvalue weighted by atomic mass is 10.2. The van der Waals surface area contributed by atoms with Crippen LogP contribution in [0.3, 0.4) is 0 Å². The largest absolute Gasteiger partial charge is 0.320 e. The number of benzene rings is 1. The van der Waals surface area contributed by atoms with Crippen LogP contribution in [0.15, 0.2) is 43.0 Å². The number of thiophene rings is 1. The van der Waals surface area contributed by atoms with E-state index in [1.165, 1.54) is 15.0 Å². The Hall–Kier alpha value is -1.12. The summed E-state index contributed by atoms with van der Waals surface area (Å²) in [5.41, 5.74) is 5.85. The van der Waals surface area contributed by atoms with Crippen LogP contribution < -0.4 is 5.73 Å². The Kier molecular flexibility index (Phi) is 2.17. The second-order valence-corrected chi connectivity index (χ2v) is 4.06. The standard InChI is InChI=1S/C11H11NS/c1-2-9(12)11-7-8-5-3-4-6-10(8)13-11/h2-7,9H,1,12H2/t9-/m0/s1. The fourth-order valence-corrected chi connectivity index (χ4v) is 2.35. The van der Waals surface area contributed by atoms with Gasteiger partial charge in [0.1, 0.15) is 0 Å². The topological polar surface area (TPSA) is 26.0 Å². The van der Waals surface area contributed by atoms with E-state index in [-0.39, 0.29) is 6.04 Å². The van der Waals surface area contributed by atoms with E-state index in [0.29, 0.717) is 0 Å². The van der Waals surface area contributed by atoms with Gasteiger partial charge in [0.15, 0.2) is 0 Å². The van der Waals surface area contributed by atoms with Gasteiger partial charge in [-0.25, -0.2) is 0 Å². The zero-order chi connectivity index (χ0) is 9.26. The fraction of sp³-hybridized carbons (Fsp3) is 0.0909. The third kappa shape index (κ3) is 1.50. The molecule has 0 aliphatic heterocycles. The first kappa shape index (κ1) is 8.48. The second-order valence-electron chi connectivity index (χ2n) is 2.95. The highest BCUT2D eigenvalue weighted by atomic mass is 32.1. The van der Waals surface area contributed by atoms with Gasteiger partial charge in [-0.15, -0.1) is 17.9 Å². The van der Waals surface area contributed by atoms with Crippen LogP contribution >= 0.6 is 11.3 Å². The summed E-state index contributed by atoms with van der Waals surface area (Å²) < 4.78 is 1.29. The van der Waals surface area contributed by atoms with Gasteiger partial charge in [0.25, 0.3) is 0 Å². The van der Waals surface area contributed by atoms with Gasteiger partial charge in [-0.05, 0) is 17.5 Å². The normalized spacial score (nSPS) is 13.0. The molecule has 0 fully saturated rings. The molecule has 0 amide bonds. The molecule has 2 heteroatoms. The molecule has 0 aliphatic carbocycles. The smallest absolute Gasteiger partial charge is 0.0573 e. The highest BCUT2D eigenvalue weighted by Crippen LogP contribution is 2.28. The Bertz CT molecular complexity index is 397. The maximum atomic E-state index is 5.85. The van der Waals surface area contributed by atoms with Crippen LogP contribution in [0.2, 0.25) is 0 Å². The van der Waals surface area contributed by atoms with E-state index in [1.54, 1.807) is 17.4 Å². The molecule has 0 saturated heterocycles. The summed E-state index contributed by atoms with van der Waals surface area (Å²) in [6, 6.07) is 10.4. The predicted molar refractivity (Wildman–Crippen MR) is 59.0 cm³/mol. The molecule has 1 aromatic heterocycles. The predicted octanol–water partition coefficient (Wildman–Crippen LogP) is 3.09. The van der Waals surface area contributed by atoms with Crippen LogP contribution in [0.4, 0.5) is 0 Å². The van der Waals surface area contributed by atoms with Crippen molar-refractivity contribution in [3.8, 4) is 0 Å². The average molecular weight is 189 g/mol. The van der Waals surface area contributed by atoms with Gasteiger partial charge in [-0.3, -0.25) is 0 Å². The van der Waals surface area contributed by atoms with Gasteiger partial charge in [-0.1, -0.05) is 24.3 Å². The Morgan fingerprint density at radius 3 is 2.85 bits per heavy atom. The lowest BCUT2D eigenvalue weighted by Crippen LogP contribution is -2.03. The SMILES string of the molecule is C=C[C@H](N)c1cc2ccccc2s1. The Morgan fingerprint density at radius 2 is 2.15 bits per heavy atom. The van der Waals surface area contributed by atoms with E-state index in [9.17, 15) is 0 Å². The summed E-state index contributed by atoms with van der Waals surface area (Å²) in [5.74, 6) is 0. The minimum absolute atomic E-state index is 0.0302. The van der Waals surface area contributed by atoms with Crippen LogP contribution in [-0.2, 0) is 0 Å². The number of rotatable bonds is 2. The van der Waals surface area contributed by atoms with E-state index < -0.39 is 0 Å². The van der Waals surface area contributed by atoms with Crippen molar-refractivity contribution in [3.05, 3.63) is 47.9 Å². The molecule has 0 saturated carbocycles. The molecule has 1 atom stereocenters. The third-order valence-electron chi connectivity index (χ3n) is 2.03. The van der Waals surface area contributed by atoms with E-state index >= 15 is 0 Å². The van der Waals surface area contributed by atoms with Crippen LogP contribution in [0.5, 0.6) is 0 Å². The summed E-state index contributed by atoms with van der Waals surface area (Å²) in [6.07, 6.45) is 1.77. The van der Waals surface area contributed by atoms with Crippen molar-refractivity contribution in [2.45, 2.75) is 6.04 Å². The minimum atomic E-state index is -0.0302. The molecule has 2 N–H and O–H groups in total. The fourth-order valence-electron chi connectivity index (χ4n) is 1.28. The van der Waals surface area contributed by atoms with E-state index in [2.05, 4.69) is 24.8 Å². The quantitative estimate of drug-likeness (QED) is 0.722. The first-order valence-electron chi connectivity index (χ1n) is 4.18. The lowest BCUT2D eigenvalue weighted by Gasteiger charge is -1.99. The van der Waals surface area contributed by atoms with Crippen LogP contribution in [0.1, 0.15) is 10.9 Å². The van der Waals surface area contributed by atoms with Crippen molar-refractivity contribution >= 4 is 21.4 Å². The molecule has 2 rings (SSSR count). The highest BCUT2D eigenvalue weighted by molar-refractivity contribution is 7.19. The van der Waals surface area contributed by atoms with Gasteiger partial charge < -0.3 is 5.73 Å². The highest BCUT2D eigenvalue weighted by Gasteiger charge is 2.05. The van der Waals surface area contributed by atoms with E-state index in [1.807, 2.05) is 12.1 Å². The Labute approximate surface area is 81.5 Å². The van der Waals surface area contributed by atoms with Gasteiger partial charge in [0.05, 0.1) is 6.04 Å². The van der Waals surface area contributed by atoms with Crippen molar-refractivity contribution in [2.75, 3.05) is 0 Å². The van der Waals surface area contributed by atoms with Crippen molar-refractivity contribution < 1.29 is 0 Å². The molecule has 1 aromatic carbocycles. The summed E-state index contributed by atoms with van der Waals surface area (Å²) in [4.78, 5) is 1.18. The maximum absolute atomic E-state index is 5.85. The summed E-state index contributed by atoms with van der Waals surface area (Å²) >= 11 is 1.73. The van der Waals surface area contributed by atoms with Crippen molar-refractivity contribution in [1.29, 1.82) is 0 Å².